The van der Waals surface area contributed by atoms with E-state index in [1.165, 1.54) is 38.5 Å². The van der Waals surface area contributed by atoms with E-state index in [1.54, 1.807) is 3.58 Å². The van der Waals surface area contributed by atoms with Crippen LogP contribution in [0.3, 0.4) is 0 Å². The van der Waals surface area contributed by atoms with E-state index in [4.69, 9.17) is 0 Å². The lowest BCUT2D eigenvalue weighted by Crippen LogP contribution is -2.05. The van der Waals surface area contributed by atoms with Crippen LogP contribution in [0.4, 0.5) is 0 Å². The molecule has 1 heteroatoms. The molecule has 0 nitrogen and oxygen atoms in total. The summed E-state index contributed by atoms with van der Waals surface area (Å²) < 4.78 is 1.62. The van der Waals surface area contributed by atoms with Gasteiger partial charge in [0.25, 0.3) is 0 Å². The number of rotatable bonds is 2. The highest BCUT2D eigenvalue weighted by Crippen LogP contribution is 2.33. The van der Waals surface area contributed by atoms with Gasteiger partial charge in [0.1, 0.15) is 0 Å². The molecule has 0 bridgehead atoms. The molecule has 1 fully saturated rings. The van der Waals surface area contributed by atoms with E-state index in [1.807, 2.05) is 0 Å². The molecule has 1 aliphatic carbocycles. The largest absolute Gasteiger partial charge is 0.0752 e. The number of hydrogen-bond acceptors (Lipinski definition) is 0. The second-order valence-corrected chi connectivity index (χ2v) is 4.58. The molecule has 1 rings (SSSR count). The zero-order valence-corrected chi connectivity index (χ0v) is 9.43. The van der Waals surface area contributed by atoms with Gasteiger partial charge in [0.2, 0.25) is 0 Å². The van der Waals surface area contributed by atoms with Crippen molar-refractivity contribution >= 4 is 22.6 Å². The molecule has 0 atom stereocenters. The van der Waals surface area contributed by atoms with Crippen molar-refractivity contribution in [3.05, 3.63) is 9.66 Å². The van der Waals surface area contributed by atoms with Crippen LogP contribution in [0.2, 0.25) is 0 Å². The molecule has 0 unspecified atom stereocenters. The molecule has 64 valence electrons. The summed E-state index contributed by atoms with van der Waals surface area (Å²) in [6.45, 7) is 2.22. The molecule has 11 heavy (non-hydrogen) atoms. The van der Waals surface area contributed by atoms with Crippen LogP contribution >= 0.6 is 22.6 Å². The van der Waals surface area contributed by atoms with Crippen molar-refractivity contribution in [2.75, 3.05) is 0 Å². The quantitative estimate of drug-likeness (QED) is 0.652. The highest BCUT2D eigenvalue weighted by Gasteiger charge is 2.14. The van der Waals surface area contributed by atoms with Crippen LogP contribution in [0.25, 0.3) is 0 Å². The standard InChI is InChI=1S/C10H17I/c1-2-6-10(11)9-7-4-3-5-8-9/h6,9H,2-5,7-8H2,1H3/b10-6+. The minimum absolute atomic E-state index is 0.921. The first kappa shape index (κ1) is 9.56. The monoisotopic (exact) mass is 264 g/mol. The Morgan fingerprint density at radius 1 is 1.36 bits per heavy atom. The van der Waals surface area contributed by atoms with Crippen LogP contribution in [0, 0.1) is 5.92 Å². The highest BCUT2D eigenvalue weighted by atomic mass is 127. The average molecular weight is 264 g/mol. The van der Waals surface area contributed by atoms with E-state index < -0.39 is 0 Å². The maximum absolute atomic E-state index is 2.52. The van der Waals surface area contributed by atoms with Crippen molar-refractivity contribution in [2.45, 2.75) is 45.4 Å². The lowest BCUT2D eigenvalue weighted by molar-refractivity contribution is 0.416. The molecule has 0 amide bonds. The molecule has 0 spiro atoms. The van der Waals surface area contributed by atoms with Gasteiger partial charge in [0.05, 0.1) is 0 Å². The molecule has 0 aromatic heterocycles. The minimum atomic E-state index is 0.921. The normalized spacial score (nSPS) is 22.2. The lowest BCUT2D eigenvalue weighted by Gasteiger charge is -2.21. The molecular formula is C10H17I. The van der Waals surface area contributed by atoms with Gasteiger partial charge in [-0.05, 0) is 51.4 Å². The van der Waals surface area contributed by atoms with Gasteiger partial charge in [-0.15, -0.1) is 0 Å². The Hall–Kier alpha value is 0.470. The van der Waals surface area contributed by atoms with Gasteiger partial charge in [0.15, 0.2) is 0 Å². The minimum Gasteiger partial charge on any atom is -0.0752 e. The maximum atomic E-state index is 2.52. The number of hydrogen-bond donors (Lipinski definition) is 0. The predicted octanol–water partition coefficient (Wildman–Crippen LogP) is 4.30. The fourth-order valence-electron chi connectivity index (χ4n) is 1.74. The first-order valence-electron chi connectivity index (χ1n) is 4.70. The third kappa shape index (κ3) is 3.14. The van der Waals surface area contributed by atoms with Crippen molar-refractivity contribution < 1.29 is 0 Å². The molecule has 1 saturated carbocycles. The van der Waals surface area contributed by atoms with E-state index >= 15 is 0 Å². The van der Waals surface area contributed by atoms with Gasteiger partial charge in [-0.25, -0.2) is 0 Å². The van der Waals surface area contributed by atoms with Crippen molar-refractivity contribution in [1.82, 2.24) is 0 Å². The molecule has 1 aliphatic rings. The van der Waals surface area contributed by atoms with Gasteiger partial charge in [-0.3, -0.25) is 0 Å². The van der Waals surface area contributed by atoms with Gasteiger partial charge >= 0.3 is 0 Å². The second-order valence-electron chi connectivity index (χ2n) is 3.33. The SMILES string of the molecule is CC/C=C(/I)C1CCCCC1. The fourth-order valence-corrected chi connectivity index (χ4v) is 2.80. The summed E-state index contributed by atoms with van der Waals surface area (Å²) >= 11 is 2.52. The molecule has 0 radical (unpaired) electrons. The summed E-state index contributed by atoms with van der Waals surface area (Å²) in [7, 11) is 0. The summed E-state index contributed by atoms with van der Waals surface area (Å²) in [5, 5.41) is 0. The summed E-state index contributed by atoms with van der Waals surface area (Å²) in [6, 6.07) is 0. The lowest BCUT2D eigenvalue weighted by atomic mass is 9.89. The number of allylic oxidation sites excluding steroid dienone is 2. The van der Waals surface area contributed by atoms with Crippen LogP contribution in [0.15, 0.2) is 9.66 Å². The zero-order chi connectivity index (χ0) is 8.10. The first-order valence-corrected chi connectivity index (χ1v) is 5.78. The summed E-state index contributed by atoms with van der Waals surface area (Å²) in [6.07, 6.45) is 10.8. The summed E-state index contributed by atoms with van der Waals surface area (Å²) in [5.41, 5.74) is 0. The van der Waals surface area contributed by atoms with Gasteiger partial charge in [-0.2, -0.15) is 0 Å². The molecule has 0 saturated heterocycles. The van der Waals surface area contributed by atoms with E-state index in [-0.39, 0.29) is 0 Å². The Morgan fingerprint density at radius 3 is 2.55 bits per heavy atom. The third-order valence-electron chi connectivity index (χ3n) is 2.39. The van der Waals surface area contributed by atoms with Crippen LogP contribution in [-0.4, -0.2) is 0 Å². The molecule has 0 heterocycles. The number of halogens is 1. The molecular weight excluding hydrogens is 247 g/mol. The Labute approximate surface area is 83.6 Å². The highest BCUT2D eigenvalue weighted by molar-refractivity contribution is 14.1. The Kier molecular flexibility index (Phi) is 4.50. The first-order chi connectivity index (χ1) is 5.34. The van der Waals surface area contributed by atoms with Crippen molar-refractivity contribution in [1.29, 1.82) is 0 Å². The summed E-state index contributed by atoms with van der Waals surface area (Å²) in [4.78, 5) is 0. The van der Waals surface area contributed by atoms with Crippen LogP contribution in [0.5, 0.6) is 0 Å². The molecule has 0 N–H and O–H groups in total. The Balaban J connectivity index is 2.38. The molecule has 0 aliphatic heterocycles. The van der Waals surface area contributed by atoms with Gasteiger partial charge < -0.3 is 0 Å². The van der Waals surface area contributed by atoms with Crippen LogP contribution in [-0.2, 0) is 0 Å². The third-order valence-corrected chi connectivity index (χ3v) is 3.72. The molecule has 0 aromatic rings. The van der Waals surface area contributed by atoms with Crippen molar-refractivity contribution in [3.8, 4) is 0 Å². The van der Waals surface area contributed by atoms with Gasteiger partial charge in [0, 0.05) is 0 Å². The van der Waals surface area contributed by atoms with E-state index in [2.05, 4.69) is 35.6 Å². The maximum Gasteiger partial charge on any atom is -0.0103 e. The topological polar surface area (TPSA) is 0 Å². The van der Waals surface area contributed by atoms with E-state index in [0.29, 0.717) is 0 Å². The Morgan fingerprint density at radius 2 is 2.00 bits per heavy atom. The fraction of sp³-hybridized carbons (Fsp3) is 0.800. The van der Waals surface area contributed by atoms with Crippen molar-refractivity contribution in [3.63, 3.8) is 0 Å². The smallest absolute Gasteiger partial charge is 0.0103 e. The van der Waals surface area contributed by atoms with E-state index in [9.17, 15) is 0 Å². The zero-order valence-electron chi connectivity index (χ0n) is 7.28. The van der Waals surface area contributed by atoms with Crippen molar-refractivity contribution in [2.24, 2.45) is 5.92 Å². The Bertz CT molecular complexity index is 132. The summed E-state index contributed by atoms with van der Waals surface area (Å²) in [5.74, 6) is 0.921. The molecule has 0 aromatic carbocycles. The van der Waals surface area contributed by atoms with E-state index in [0.717, 1.165) is 5.92 Å². The van der Waals surface area contributed by atoms with Crippen LogP contribution < -0.4 is 0 Å². The average Bonchev–Trinajstić information content (AvgIpc) is 2.07. The van der Waals surface area contributed by atoms with Gasteiger partial charge in [-0.1, -0.05) is 32.3 Å². The second kappa shape index (κ2) is 5.18. The predicted molar refractivity (Wildman–Crippen MR) is 59.0 cm³/mol. The van der Waals surface area contributed by atoms with Crippen LogP contribution in [0.1, 0.15) is 45.4 Å².